The van der Waals surface area contributed by atoms with E-state index in [0.29, 0.717) is 31.7 Å². The molecule has 3 rings (SSSR count). The minimum absolute atomic E-state index is 0.00188. The molecule has 0 atom stereocenters. The molecule has 0 aliphatic carbocycles. The van der Waals surface area contributed by atoms with E-state index in [-0.39, 0.29) is 17.7 Å². The van der Waals surface area contributed by atoms with Crippen LogP contribution in [0.3, 0.4) is 0 Å². The minimum Gasteiger partial charge on any atom is -0.338 e. The lowest BCUT2D eigenvalue weighted by Crippen LogP contribution is -2.50. The van der Waals surface area contributed by atoms with Crippen molar-refractivity contribution >= 4 is 23.4 Å². The quantitative estimate of drug-likeness (QED) is 0.808. The second-order valence-electron chi connectivity index (χ2n) is 5.44. The van der Waals surface area contributed by atoms with E-state index in [1.807, 2.05) is 53.4 Å². The fraction of sp³-hybridized carbons (Fsp3) is 0.294. The Balaban J connectivity index is 1.64. The van der Waals surface area contributed by atoms with Crippen LogP contribution in [0, 0.1) is 0 Å². The number of halogens is 1. The van der Waals surface area contributed by atoms with Crippen LogP contribution in [0.15, 0.2) is 48.8 Å². The second kappa shape index (κ2) is 6.87. The molecule has 2 aromatic rings. The third-order valence-electron chi connectivity index (χ3n) is 4.05. The Morgan fingerprint density at radius 2 is 1.48 bits per heavy atom. The highest BCUT2D eigenvalue weighted by molar-refractivity contribution is 6.27. The third kappa shape index (κ3) is 3.40. The number of benzene rings is 1. The van der Waals surface area contributed by atoms with Gasteiger partial charge >= 0.3 is 0 Å². The van der Waals surface area contributed by atoms with E-state index in [2.05, 4.69) is 0 Å². The molecule has 0 radical (unpaired) electrons. The summed E-state index contributed by atoms with van der Waals surface area (Å²) in [6.45, 7) is 2.17. The Labute approximate surface area is 140 Å². The molecule has 1 fully saturated rings. The van der Waals surface area contributed by atoms with Gasteiger partial charge in [-0.2, -0.15) is 0 Å². The summed E-state index contributed by atoms with van der Waals surface area (Å²) in [5.74, 6) is -0.0775. The normalized spacial score (nSPS) is 14.8. The lowest BCUT2D eigenvalue weighted by atomic mass is 10.1. The van der Waals surface area contributed by atoms with Crippen LogP contribution in [0.4, 0.5) is 0 Å². The van der Waals surface area contributed by atoms with Crippen LogP contribution in [0.25, 0.3) is 5.69 Å². The summed E-state index contributed by atoms with van der Waals surface area (Å²) in [6, 6.07) is 11.5. The summed E-state index contributed by atoms with van der Waals surface area (Å²) in [7, 11) is 0. The van der Waals surface area contributed by atoms with E-state index >= 15 is 0 Å². The number of nitrogens with zero attached hydrogens (tertiary/aromatic N) is 3. The fourth-order valence-electron chi connectivity index (χ4n) is 2.71. The number of hydrogen-bond donors (Lipinski definition) is 0. The third-order valence-corrected chi connectivity index (χ3v) is 4.28. The van der Waals surface area contributed by atoms with Crippen molar-refractivity contribution in [3.63, 3.8) is 0 Å². The lowest BCUT2D eigenvalue weighted by Gasteiger charge is -2.34. The largest absolute Gasteiger partial charge is 0.338 e. The average molecular weight is 332 g/mol. The van der Waals surface area contributed by atoms with Crippen molar-refractivity contribution in [2.75, 3.05) is 32.1 Å². The predicted octanol–water partition coefficient (Wildman–Crippen LogP) is 2.00. The van der Waals surface area contributed by atoms with Crippen molar-refractivity contribution in [3.05, 3.63) is 54.4 Å². The van der Waals surface area contributed by atoms with Gasteiger partial charge < -0.3 is 14.4 Å². The van der Waals surface area contributed by atoms with Gasteiger partial charge in [0, 0.05) is 49.8 Å². The van der Waals surface area contributed by atoms with E-state index in [0.717, 1.165) is 5.69 Å². The fourth-order valence-corrected chi connectivity index (χ4v) is 2.88. The van der Waals surface area contributed by atoms with Crippen molar-refractivity contribution in [1.29, 1.82) is 0 Å². The SMILES string of the molecule is O=C(CCl)N1CCN(C(=O)c2ccc(-n3cccc3)cc2)CC1. The standard InChI is InChI=1S/C17H18ClN3O2/c18-13-16(22)20-9-11-21(12-10-20)17(23)14-3-5-15(6-4-14)19-7-1-2-8-19/h1-8H,9-13H2. The van der Waals surface area contributed by atoms with E-state index in [1.54, 1.807) is 9.80 Å². The molecule has 2 amide bonds. The molecular formula is C17H18ClN3O2. The summed E-state index contributed by atoms with van der Waals surface area (Å²) in [5, 5.41) is 0. The number of amides is 2. The van der Waals surface area contributed by atoms with Gasteiger partial charge in [-0.15, -0.1) is 11.6 Å². The number of aromatic nitrogens is 1. The number of hydrogen-bond acceptors (Lipinski definition) is 2. The number of carbonyl (C=O) groups is 2. The number of piperazine rings is 1. The van der Waals surface area contributed by atoms with Gasteiger partial charge in [0.05, 0.1) is 0 Å². The lowest BCUT2D eigenvalue weighted by molar-refractivity contribution is -0.129. The molecule has 0 bridgehead atoms. The van der Waals surface area contributed by atoms with Crippen LogP contribution >= 0.6 is 11.6 Å². The first-order valence-electron chi connectivity index (χ1n) is 7.55. The number of rotatable bonds is 3. The second-order valence-corrected chi connectivity index (χ2v) is 5.71. The van der Waals surface area contributed by atoms with Crippen molar-refractivity contribution in [1.82, 2.24) is 14.4 Å². The molecule has 1 saturated heterocycles. The van der Waals surface area contributed by atoms with Crippen LogP contribution in [0.5, 0.6) is 0 Å². The van der Waals surface area contributed by atoms with Gasteiger partial charge in [-0.1, -0.05) is 0 Å². The molecular weight excluding hydrogens is 314 g/mol. The maximum absolute atomic E-state index is 12.5. The van der Waals surface area contributed by atoms with Crippen LogP contribution in [0.2, 0.25) is 0 Å². The maximum atomic E-state index is 12.5. The molecule has 1 aromatic heterocycles. The van der Waals surface area contributed by atoms with Crippen LogP contribution in [0.1, 0.15) is 10.4 Å². The highest BCUT2D eigenvalue weighted by atomic mass is 35.5. The predicted molar refractivity (Wildman–Crippen MR) is 89.0 cm³/mol. The van der Waals surface area contributed by atoms with Crippen LogP contribution in [-0.2, 0) is 4.79 Å². The Hall–Kier alpha value is -2.27. The summed E-state index contributed by atoms with van der Waals surface area (Å²) in [5.41, 5.74) is 1.68. The minimum atomic E-state index is -0.0742. The van der Waals surface area contributed by atoms with E-state index in [9.17, 15) is 9.59 Å². The van der Waals surface area contributed by atoms with Gasteiger partial charge in [-0.3, -0.25) is 9.59 Å². The number of alkyl halides is 1. The molecule has 5 nitrogen and oxygen atoms in total. The summed E-state index contributed by atoms with van der Waals surface area (Å²) in [6.07, 6.45) is 3.92. The monoisotopic (exact) mass is 331 g/mol. The van der Waals surface area contributed by atoms with E-state index < -0.39 is 0 Å². The highest BCUT2D eigenvalue weighted by Crippen LogP contribution is 2.13. The van der Waals surface area contributed by atoms with E-state index in [1.165, 1.54) is 0 Å². The van der Waals surface area contributed by atoms with Gasteiger partial charge in [0.1, 0.15) is 5.88 Å². The van der Waals surface area contributed by atoms with E-state index in [4.69, 9.17) is 11.6 Å². The highest BCUT2D eigenvalue weighted by Gasteiger charge is 2.24. The molecule has 23 heavy (non-hydrogen) atoms. The van der Waals surface area contributed by atoms with Crippen molar-refractivity contribution < 1.29 is 9.59 Å². The Morgan fingerprint density at radius 3 is 2.04 bits per heavy atom. The molecule has 1 aromatic carbocycles. The van der Waals surface area contributed by atoms with Crippen molar-refractivity contribution in [2.45, 2.75) is 0 Å². The molecule has 0 spiro atoms. The zero-order valence-electron chi connectivity index (χ0n) is 12.7. The average Bonchev–Trinajstić information content (AvgIpc) is 3.15. The number of carbonyl (C=O) groups excluding carboxylic acids is 2. The Morgan fingerprint density at radius 1 is 0.913 bits per heavy atom. The summed E-state index contributed by atoms with van der Waals surface area (Å²) >= 11 is 5.56. The molecule has 6 heteroatoms. The van der Waals surface area contributed by atoms with Gasteiger partial charge in [-0.05, 0) is 36.4 Å². The van der Waals surface area contributed by atoms with Gasteiger partial charge in [0.15, 0.2) is 0 Å². The van der Waals surface area contributed by atoms with Crippen molar-refractivity contribution in [2.24, 2.45) is 0 Å². The zero-order valence-corrected chi connectivity index (χ0v) is 13.4. The van der Waals surface area contributed by atoms with Crippen LogP contribution in [-0.4, -0.2) is 58.2 Å². The van der Waals surface area contributed by atoms with Gasteiger partial charge in [0.25, 0.3) is 5.91 Å². The molecule has 0 N–H and O–H groups in total. The molecule has 0 saturated carbocycles. The van der Waals surface area contributed by atoms with Gasteiger partial charge in [-0.25, -0.2) is 0 Å². The zero-order chi connectivity index (χ0) is 16.2. The Bertz CT molecular complexity index is 674. The Kier molecular flexibility index (Phi) is 4.67. The molecule has 120 valence electrons. The van der Waals surface area contributed by atoms with Crippen molar-refractivity contribution in [3.8, 4) is 5.69 Å². The van der Waals surface area contributed by atoms with Crippen LogP contribution < -0.4 is 0 Å². The maximum Gasteiger partial charge on any atom is 0.253 e. The molecule has 1 aliphatic heterocycles. The topological polar surface area (TPSA) is 45.6 Å². The first-order chi connectivity index (χ1) is 11.2. The van der Waals surface area contributed by atoms with Gasteiger partial charge in [0.2, 0.25) is 5.91 Å². The first-order valence-corrected chi connectivity index (χ1v) is 8.09. The first kappa shape index (κ1) is 15.6. The summed E-state index contributed by atoms with van der Waals surface area (Å²) in [4.78, 5) is 27.6. The molecule has 2 heterocycles. The smallest absolute Gasteiger partial charge is 0.253 e. The molecule has 1 aliphatic rings. The molecule has 0 unspecified atom stereocenters. The summed E-state index contributed by atoms with van der Waals surface area (Å²) < 4.78 is 1.99.